The van der Waals surface area contributed by atoms with Crippen molar-refractivity contribution in [3.05, 3.63) is 51.7 Å². The molecule has 0 amide bonds. The number of phenols is 1. The van der Waals surface area contributed by atoms with E-state index in [1.807, 2.05) is 24.3 Å². The predicted octanol–water partition coefficient (Wildman–Crippen LogP) is 5.58. The van der Waals surface area contributed by atoms with E-state index in [1.54, 1.807) is 18.2 Å². The van der Waals surface area contributed by atoms with Gasteiger partial charge in [-0.1, -0.05) is 39.3 Å². The number of aryl methyl sites for hydroxylation is 1. The van der Waals surface area contributed by atoms with Crippen LogP contribution in [0.25, 0.3) is 0 Å². The van der Waals surface area contributed by atoms with E-state index in [2.05, 4.69) is 43.2 Å². The lowest BCUT2D eigenvalue weighted by molar-refractivity contribution is 0.323. The van der Waals surface area contributed by atoms with Crippen LogP contribution in [0.4, 0.5) is 0 Å². The molecule has 0 aliphatic carbocycles. The van der Waals surface area contributed by atoms with Crippen molar-refractivity contribution in [1.82, 2.24) is 4.90 Å². The molecular weight excluding hydrogens is 328 g/mol. The maximum atomic E-state index is 9.07. The van der Waals surface area contributed by atoms with Gasteiger partial charge in [-0.15, -0.1) is 11.3 Å². The standard InChI is InChI=1S/C10H15NS.C8H7NO.C3H8/c1-9-4-5-11(7-9)8-10-3-2-6-12-10;1-6-2-3-7(5-9)8(10)4-6;1-3-2/h2-3,6,9H,4-5,7-8H2,1H3;2-4,10H,1H3;3H2,1-2H3/t9-;;/m0../s1. The molecule has 4 heteroatoms. The third-order valence-corrected chi connectivity index (χ3v) is 4.60. The third kappa shape index (κ3) is 8.20. The van der Waals surface area contributed by atoms with Crippen LogP contribution < -0.4 is 0 Å². The van der Waals surface area contributed by atoms with E-state index in [9.17, 15) is 0 Å². The Bertz CT molecular complexity index is 646. The molecule has 2 heterocycles. The molecule has 1 aromatic carbocycles. The zero-order valence-electron chi connectivity index (χ0n) is 15.8. The summed E-state index contributed by atoms with van der Waals surface area (Å²) < 4.78 is 0. The van der Waals surface area contributed by atoms with Crippen molar-refractivity contribution in [3.63, 3.8) is 0 Å². The van der Waals surface area contributed by atoms with E-state index in [4.69, 9.17) is 10.4 Å². The summed E-state index contributed by atoms with van der Waals surface area (Å²) in [7, 11) is 0. The van der Waals surface area contributed by atoms with Gasteiger partial charge in [0.15, 0.2) is 0 Å². The highest BCUT2D eigenvalue weighted by atomic mass is 32.1. The molecule has 1 aliphatic heterocycles. The van der Waals surface area contributed by atoms with Gasteiger partial charge in [0.25, 0.3) is 0 Å². The average Bonchev–Trinajstić information content (AvgIpc) is 3.21. The number of phenolic OH excluding ortho intramolecular Hbond substituents is 1. The molecular formula is C21H30N2OS. The van der Waals surface area contributed by atoms with E-state index < -0.39 is 0 Å². The smallest absolute Gasteiger partial charge is 0.133 e. The van der Waals surface area contributed by atoms with Crippen molar-refractivity contribution in [2.24, 2.45) is 5.92 Å². The Kier molecular flexibility index (Phi) is 9.91. The molecule has 3 rings (SSSR count). The van der Waals surface area contributed by atoms with Crippen LogP contribution in [0.1, 0.15) is 49.6 Å². The van der Waals surface area contributed by atoms with Crippen LogP contribution in [0.15, 0.2) is 35.7 Å². The summed E-state index contributed by atoms with van der Waals surface area (Å²) >= 11 is 1.87. The zero-order chi connectivity index (χ0) is 18.7. The lowest BCUT2D eigenvalue weighted by Gasteiger charge is -2.13. The van der Waals surface area contributed by atoms with Crippen LogP contribution >= 0.6 is 11.3 Å². The summed E-state index contributed by atoms with van der Waals surface area (Å²) in [6.45, 7) is 12.2. The Morgan fingerprint density at radius 3 is 2.52 bits per heavy atom. The van der Waals surface area contributed by atoms with Crippen molar-refractivity contribution in [2.45, 2.75) is 47.1 Å². The van der Waals surface area contributed by atoms with Gasteiger partial charge in [-0.05, 0) is 54.9 Å². The lowest BCUT2D eigenvalue weighted by atomic mass is 10.1. The van der Waals surface area contributed by atoms with E-state index >= 15 is 0 Å². The Morgan fingerprint density at radius 2 is 2.04 bits per heavy atom. The van der Waals surface area contributed by atoms with Crippen LogP contribution in [0.2, 0.25) is 0 Å². The first kappa shape index (κ1) is 21.2. The van der Waals surface area contributed by atoms with Crippen LogP contribution in [0.5, 0.6) is 5.75 Å². The fourth-order valence-electron chi connectivity index (χ4n) is 2.53. The summed E-state index contributed by atoms with van der Waals surface area (Å²) in [5, 5.41) is 19.6. The average molecular weight is 359 g/mol. The first-order chi connectivity index (χ1) is 12.0. The van der Waals surface area contributed by atoms with Crippen LogP contribution in [-0.2, 0) is 6.54 Å². The van der Waals surface area contributed by atoms with Crippen molar-refractivity contribution in [1.29, 1.82) is 5.26 Å². The number of nitriles is 1. The molecule has 0 bridgehead atoms. The van der Waals surface area contributed by atoms with Crippen LogP contribution in [0.3, 0.4) is 0 Å². The summed E-state index contributed by atoms with van der Waals surface area (Å²) in [6.07, 6.45) is 2.63. The van der Waals surface area contributed by atoms with Crippen molar-refractivity contribution < 1.29 is 5.11 Å². The number of rotatable bonds is 2. The highest BCUT2D eigenvalue weighted by Gasteiger charge is 2.18. The topological polar surface area (TPSA) is 47.3 Å². The van der Waals surface area contributed by atoms with Crippen molar-refractivity contribution in [2.75, 3.05) is 13.1 Å². The molecule has 1 aliphatic rings. The van der Waals surface area contributed by atoms with Gasteiger partial charge in [-0.3, -0.25) is 4.90 Å². The minimum atomic E-state index is 0.0579. The summed E-state index contributed by atoms with van der Waals surface area (Å²) in [6, 6.07) is 11.2. The second-order valence-corrected chi connectivity index (χ2v) is 7.58. The van der Waals surface area contributed by atoms with Gasteiger partial charge in [-0.2, -0.15) is 5.26 Å². The largest absolute Gasteiger partial charge is 0.507 e. The van der Waals surface area contributed by atoms with Gasteiger partial charge >= 0.3 is 0 Å². The highest BCUT2D eigenvalue weighted by molar-refractivity contribution is 7.09. The molecule has 0 spiro atoms. The van der Waals surface area contributed by atoms with Crippen molar-refractivity contribution in [3.8, 4) is 11.8 Å². The van der Waals surface area contributed by atoms with Gasteiger partial charge in [0.1, 0.15) is 11.8 Å². The normalized spacial score (nSPS) is 16.2. The summed E-state index contributed by atoms with van der Waals surface area (Å²) in [5.41, 5.74) is 1.28. The third-order valence-electron chi connectivity index (χ3n) is 3.74. The van der Waals surface area contributed by atoms with E-state index in [0.29, 0.717) is 5.56 Å². The monoisotopic (exact) mass is 358 g/mol. The SMILES string of the molecule is CCC.C[C@H]1CCN(Cc2cccs2)C1.Cc1ccc(C#N)c(O)c1. The second-order valence-electron chi connectivity index (χ2n) is 6.55. The Balaban J connectivity index is 0.000000220. The molecule has 3 nitrogen and oxygen atoms in total. The van der Waals surface area contributed by atoms with Crippen LogP contribution in [-0.4, -0.2) is 23.1 Å². The van der Waals surface area contributed by atoms with Gasteiger partial charge < -0.3 is 5.11 Å². The molecule has 0 saturated carbocycles. The molecule has 136 valence electrons. The Hall–Kier alpha value is -1.83. The molecule has 1 saturated heterocycles. The minimum absolute atomic E-state index is 0.0579. The summed E-state index contributed by atoms with van der Waals surface area (Å²) in [5.74, 6) is 0.965. The van der Waals surface area contributed by atoms with Crippen LogP contribution in [0, 0.1) is 24.2 Å². The van der Waals surface area contributed by atoms with Gasteiger partial charge in [0.2, 0.25) is 0 Å². The number of nitrogens with zero attached hydrogens (tertiary/aromatic N) is 2. The predicted molar refractivity (Wildman–Crippen MR) is 107 cm³/mol. The molecule has 1 N–H and O–H groups in total. The number of benzene rings is 1. The van der Waals surface area contributed by atoms with Gasteiger partial charge in [0, 0.05) is 18.0 Å². The Morgan fingerprint density at radius 1 is 1.32 bits per heavy atom. The maximum Gasteiger partial charge on any atom is 0.133 e. The first-order valence-electron chi connectivity index (χ1n) is 8.94. The van der Waals surface area contributed by atoms with Gasteiger partial charge in [-0.25, -0.2) is 0 Å². The number of hydrogen-bond donors (Lipinski definition) is 1. The number of aromatic hydroxyl groups is 1. The molecule has 1 fully saturated rings. The summed E-state index contributed by atoms with van der Waals surface area (Å²) in [4.78, 5) is 4.06. The number of thiophene rings is 1. The first-order valence-corrected chi connectivity index (χ1v) is 9.82. The lowest BCUT2D eigenvalue weighted by Crippen LogP contribution is -2.18. The zero-order valence-corrected chi connectivity index (χ0v) is 16.6. The quantitative estimate of drug-likeness (QED) is 0.762. The molecule has 1 aromatic heterocycles. The van der Waals surface area contributed by atoms with E-state index in [-0.39, 0.29) is 5.75 Å². The molecule has 0 radical (unpaired) electrons. The number of likely N-dealkylation sites (tertiary alicyclic amines) is 1. The molecule has 0 unspecified atom stereocenters. The van der Waals surface area contributed by atoms with E-state index in [0.717, 1.165) is 11.5 Å². The minimum Gasteiger partial charge on any atom is -0.507 e. The molecule has 1 atom stereocenters. The molecule has 25 heavy (non-hydrogen) atoms. The fourth-order valence-corrected chi connectivity index (χ4v) is 3.28. The van der Waals surface area contributed by atoms with Gasteiger partial charge in [0.05, 0.1) is 5.56 Å². The van der Waals surface area contributed by atoms with Crippen molar-refractivity contribution >= 4 is 11.3 Å². The molecule has 2 aromatic rings. The van der Waals surface area contributed by atoms with E-state index in [1.165, 1.54) is 37.4 Å². The second kappa shape index (κ2) is 11.7. The Labute approximate surface area is 156 Å². The maximum absolute atomic E-state index is 9.07. The highest BCUT2D eigenvalue weighted by Crippen LogP contribution is 2.19. The fraction of sp³-hybridized carbons (Fsp3) is 0.476. The number of hydrogen-bond acceptors (Lipinski definition) is 4.